The highest BCUT2D eigenvalue weighted by molar-refractivity contribution is 7.90. The van der Waals surface area contributed by atoms with Gasteiger partial charge < -0.3 is 15.2 Å². The Kier molecular flexibility index (Phi) is 8.63. The molecule has 1 heterocycles. The molecule has 0 aliphatic carbocycles. The van der Waals surface area contributed by atoms with Crippen LogP contribution in [0.1, 0.15) is 32.1 Å². The highest BCUT2D eigenvalue weighted by atomic mass is 32.2. The van der Waals surface area contributed by atoms with Gasteiger partial charge in [0, 0.05) is 11.4 Å². The zero-order valence-electron chi connectivity index (χ0n) is 21.1. The molecule has 3 aromatic rings. The zero-order valence-corrected chi connectivity index (χ0v) is 22.8. The molecule has 14 nitrogen and oxygen atoms in total. The molecule has 0 unspecified atom stereocenters. The average molecular weight is 577 g/mol. The van der Waals surface area contributed by atoms with Crippen molar-refractivity contribution in [2.24, 2.45) is 10.1 Å². The Morgan fingerprint density at radius 1 is 0.846 bits per heavy atom. The number of hydrazine groups is 1. The highest BCUT2D eigenvalue weighted by Crippen LogP contribution is 2.21. The van der Waals surface area contributed by atoms with Crippen molar-refractivity contribution in [1.29, 1.82) is 0 Å². The fraction of sp³-hybridized carbons (Fsp3) is 0.174. The maximum atomic E-state index is 13.4. The predicted octanol–water partition coefficient (Wildman–Crippen LogP) is 1.07. The van der Waals surface area contributed by atoms with E-state index in [2.05, 4.69) is 28.7 Å². The third kappa shape index (κ3) is 6.54. The molecule has 0 saturated heterocycles. The second kappa shape index (κ2) is 11.5. The van der Waals surface area contributed by atoms with Gasteiger partial charge in [0.2, 0.25) is 11.9 Å². The summed E-state index contributed by atoms with van der Waals surface area (Å²) in [5.41, 5.74) is 6.18. The molecule has 0 radical (unpaired) electrons. The minimum Gasteiger partial charge on any atom is -0.465 e. The fourth-order valence-corrected chi connectivity index (χ4v) is 5.65. The number of hydrogen-bond acceptors (Lipinski definition) is 10. The van der Waals surface area contributed by atoms with Crippen LogP contribution in [-0.4, -0.2) is 58.9 Å². The minimum absolute atomic E-state index is 0.302. The summed E-state index contributed by atoms with van der Waals surface area (Å²) in [6, 6.07) is 11.8. The van der Waals surface area contributed by atoms with Crippen molar-refractivity contribution in [3.05, 3.63) is 77.1 Å². The number of methoxy groups -OCH3 is 2. The van der Waals surface area contributed by atoms with Gasteiger partial charge in [-0.05, 0) is 44.2 Å². The molecule has 0 fully saturated rings. The lowest BCUT2D eigenvalue weighted by molar-refractivity contribution is 0.0587. The van der Waals surface area contributed by atoms with Gasteiger partial charge in [-0.1, -0.05) is 24.3 Å². The molecule has 16 heteroatoms. The molecular weight excluding hydrogens is 552 g/mol. The summed E-state index contributed by atoms with van der Waals surface area (Å²) >= 11 is 0. The summed E-state index contributed by atoms with van der Waals surface area (Å²) in [5, 5.41) is 0.529. The summed E-state index contributed by atoms with van der Waals surface area (Å²) in [5.74, 6) is -3.17. The van der Waals surface area contributed by atoms with Crippen LogP contribution >= 0.6 is 0 Å². The number of aryl methyl sites for hydroxylation is 2. The SMILES string of the molecule is COC(=O)c1ccccc1S(=O)(=O)N=C(N)N(NS(=O)(=O)c1ccccc1C(=O)OC)c1nc(C)cc(C)n1. The van der Waals surface area contributed by atoms with Gasteiger partial charge in [0.25, 0.3) is 20.0 Å². The van der Waals surface area contributed by atoms with E-state index in [9.17, 15) is 26.4 Å². The molecule has 2 aromatic carbocycles. The van der Waals surface area contributed by atoms with Crippen molar-refractivity contribution in [2.75, 3.05) is 19.2 Å². The van der Waals surface area contributed by atoms with Crippen LogP contribution in [0.25, 0.3) is 0 Å². The van der Waals surface area contributed by atoms with Crippen molar-refractivity contribution in [3.8, 4) is 0 Å². The zero-order chi connectivity index (χ0) is 29.0. The van der Waals surface area contributed by atoms with Gasteiger partial charge in [0.15, 0.2) is 0 Å². The number of anilines is 1. The van der Waals surface area contributed by atoms with E-state index >= 15 is 0 Å². The van der Waals surface area contributed by atoms with Gasteiger partial charge in [-0.3, -0.25) is 0 Å². The monoisotopic (exact) mass is 576 g/mol. The molecule has 0 spiro atoms. The van der Waals surface area contributed by atoms with Crippen LogP contribution in [0.4, 0.5) is 5.95 Å². The quantitative estimate of drug-likeness (QED) is 0.167. The minimum atomic E-state index is -4.71. The largest absolute Gasteiger partial charge is 0.465 e. The Morgan fingerprint density at radius 2 is 1.31 bits per heavy atom. The van der Waals surface area contributed by atoms with Gasteiger partial charge in [0.05, 0.1) is 30.2 Å². The summed E-state index contributed by atoms with van der Waals surface area (Å²) in [6.07, 6.45) is 0. The maximum Gasteiger partial charge on any atom is 0.339 e. The normalized spacial score (nSPS) is 12.1. The van der Waals surface area contributed by atoms with E-state index in [1.807, 2.05) is 0 Å². The summed E-state index contributed by atoms with van der Waals surface area (Å²) < 4.78 is 66.0. The third-order valence-electron chi connectivity index (χ3n) is 4.98. The van der Waals surface area contributed by atoms with Crippen molar-refractivity contribution >= 4 is 43.9 Å². The highest BCUT2D eigenvalue weighted by Gasteiger charge is 2.30. The number of guanidine groups is 1. The van der Waals surface area contributed by atoms with Crippen LogP contribution in [0, 0.1) is 13.8 Å². The number of carbonyl (C=O) groups is 2. The Labute approximate surface area is 224 Å². The molecule has 0 saturated carbocycles. The molecule has 0 aliphatic rings. The summed E-state index contributed by atoms with van der Waals surface area (Å²) in [4.78, 5) is 33.6. The van der Waals surface area contributed by atoms with E-state index in [4.69, 9.17) is 5.73 Å². The van der Waals surface area contributed by atoms with Crippen molar-refractivity contribution in [3.63, 3.8) is 0 Å². The molecule has 0 aliphatic heterocycles. The molecule has 0 atom stereocenters. The molecule has 0 amide bonds. The van der Waals surface area contributed by atoms with E-state index in [-0.39, 0.29) is 17.1 Å². The number of nitrogens with two attached hydrogens (primary N) is 1. The number of nitrogens with one attached hydrogen (secondary N) is 1. The molecule has 3 N–H and O–H groups in total. The number of aromatic nitrogens is 2. The number of sulfonamides is 2. The van der Waals surface area contributed by atoms with Crippen LogP contribution in [0.2, 0.25) is 0 Å². The van der Waals surface area contributed by atoms with Gasteiger partial charge in [0.1, 0.15) is 4.90 Å². The molecule has 206 valence electrons. The third-order valence-corrected chi connectivity index (χ3v) is 7.67. The number of rotatable bonds is 8. The number of ether oxygens (including phenoxy) is 2. The van der Waals surface area contributed by atoms with Gasteiger partial charge >= 0.3 is 11.9 Å². The van der Waals surface area contributed by atoms with Crippen LogP contribution in [0.15, 0.2) is 68.8 Å². The number of hydrogen-bond donors (Lipinski definition) is 2. The second-order valence-corrected chi connectivity index (χ2v) is 11.0. The maximum absolute atomic E-state index is 13.4. The Morgan fingerprint density at radius 3 is 1.82 bits per heavy atom. The first-order valence-corrected chi connectivity index (χ1v) is 13.8. The van der Waals surface area contributed by atoms with E-state index < -0.39 is 47.7 Å². The fourth-order valence-electron chi connectivity index (χ4n) is 3.33. The standard InChI is InChI=1S/C23H24N6O8S2/c1-14-13-15(2)26-23(25-14)29(28-39(34,35)19-12-8-6-10-17(19)21(31)37-4)22(24)27-38(32,33)18-11-7-5-9-16(18)20(30)36-3/h5-13,28H,1-4H3,(H2,24,27). The van der Waals surface area contributed by atoms with Gasteiger partial charge in [-0.2, -0.15) is 13.4 Å². The van der Waals surface area contributed by atoms with Crippen molar-refractivity contribution < 1.29 is 35.9 Å². The first-order chi connectivity index (χ1) is 18.3. The topological polar surface area (TPSA) is 200 Å². The van der Waals surface area contributed by atoms with Gasteiger partial charge in [-0.25, -0.2) is 28.0 Å². The lowest BCUT2D eigenvalue weighted by Gasteiger charge is -2.23. The van der Waals surface area contributed by atoms with Crippen LogP contribution in [-0.2, 0) is 29.5 Å². The Balaban J connectivity index is 2.19. The lowest BCUT2D eigenvalue weighted by Crippen LogP contribution is -2.51. The van der Waals surface area contributed by atoms with Crippen LogP contribution in [0.3, 0.4) is 0 Å². The number of esters is 2. The van der Waals surface area contributed by atoms with Gasteiger partial charge in [-0.15, -0.1) is 9.23 Å². The molecular formula is C23H24N6O8S2. The molecule has 3 rings (SSSR count). The summed E-state index contributed by atoms with van der Waals surface area (Å²) in [7, 11) is -7.20. The predicted molar refractivity (Wildman–Crippen MR) is 139 cm³/mol. The van der Waals surface area contributed by atoms with Crippen molar-refractivity contribution in [1.82, 2.24) is 14.8 Å². The van der Waals surface area contributed by atoms with E-state index in [1.165, 1.54) is 36.4 Å². The Hall–Kier alpha value is -4.41. The first kappa shape index (κ1) is 29.2. The number of carbonyl (C=O) groups excluding carboxylic acids is 2. The molecule has 1 aromatic heterocycles. The van der Waals surface area contributed by atoms with E-state index in [0.717, 1.165) is 26.4 Å². The summed E-state index contributed by atoms with van der Waals surface area (Å²) in [6.45, 7) is 3.18. The van der Waals surface area contributed by atoms with E-state index in [0.29, 0.717) is 16.4 Å². The van der Waals surface area contributed by atoms with Crippen molar-refractivity contribution in [2.45, 2.75) is 23.6 Å². The smallest absolute Gasteiger partial charge is 0.339 e. The second-order valence-electron chi connectivity index (χ2n) is 7.78. The average Bonchev–Trinajstić information content (AvgIpc) is 2.90. The first-order valence-electron chi connectivity index (χ1n) is 10.9. The Bertz CT molecular complexity index is 1650. The number of nitrogens with zero attached hydrogens (tertiary/aromatic N) is 4. The lowest BCUT2D eigenvalue weighted by atomic mass is 10.2. The number of benzene rings is 2. The molecule has 0 bridgehead atoms. The molecule has 39 heavy (non-hydrogen) atoms. The van der Waals surface area contributed by atoms with Crippen LogP contribution in [0.5, 0.6) is 0 Å². The van der Waals surface area contributed by atoms with Crippen LogP contribution < -0.4 is 15.6 Å². The van der Waals surface area contributed by atoms with E-state index in [1.54, 1.807) is 19.9 Å².